The highest BCUT2D eigenvalue weighted by Crippen LogP contribution is 2.34. The highest BCUT2D eigenvalue weighted by molar-refractivity contribution is 5.91. The Hall–Kier alpha value is -2.24. The highest BCUT2D eigenvalue weighted by Gasteiger charge is 2.33. The minimum Gasteiger partial charge on any atom is -0.340 e. The van der Waals surface area contributed by atoms with Gasteiger partial charge in [-0.25, -0.2) is 0 Å². The zero-order valence-electron chi connectivity index (χ0n) is 11.7. The molecule has 0 aliphatic rings. The Bertz CT molecular complexity index is 640. The predicted octanol–water partition coefficient (Wildman–Crippen LogP) is 3.76. The summed E-state index contributed by atoms with van der Waals surface area (Å²) < 4.78 is 40.3. The second kappa shape index (κ2) is 5.63. The number of aromatic nitrogens is 1. The van der Waals surface area contributed by atoms with Crippen molar-refractivity contribution in [2.45, 2.75) is 26.6 Å². The van der Waals surface area contributed by atoms with Crippen molar-refractivity contribution in [3.8, 4) is 0 Å². The van der Waals surface area contributed by atoms with Crippen LogP contribution in [-0.4, -0.2) is 10.5 Å². The topological polar surface area (TPSA) is 34.0 Å². The summed E-state index contributed by atoms with van der Waals surface area (Å²) in [7, 11) is 0. The number of hydrogen-bond donors (Lipinski definition) is 1. The number of halogens is 3. The van der Waals surface area contributed by atoms with Gasteiger partial charge >= 0.3 is 6.18 Å². The SMILES string of the molecule is Cc1ccc(C)n1CC(=O)Nc1ccccc1C(F)(F)F. The summed E-state index contributed by atoms with van der Waals surface area (Å²) in [5.74, 6) is -0.492. The first-order chi connectivity index (χ1) is 9.79. The van der Waals surface area contributed by atoms with Gasteiger partial charge in [0.2, 0.25) is 5.91 Å². The van der Waals surface area contributed by atoms with Crippen LogP contribution in [0, 0.1) is 13.8 Å². The van der Waals surface area contributed by atoms with E-state index < -0.39 is 17.6 Å². The maximum absolute atomic E-state index is 12.8. The third-order valence-corrected chi connectivity index (χ3v) is 3.23. The standard InChI is InChI=1S/C15H15F3N2O/c1-10-7-8-11(2)20(10)9-14(21)19-13-6-4-3-5-12(13)15(16,17)18/h3-8H,9H2,1-2H3,(H,19,21). The smallest absolute Gasteiger partial charge is 0.340 e. The number of carbonyl (C=O) groups is 1. The molecule has 0 saturated carbocycles. The van der Waals surface area contributed by atoms with E-state index in [1.54, 1.807) is 4.57 Å². The summed E-state index contributed by atoms with van der Waals surface area (Å²) in [5, 5.41) is 2.33. The third-order valence-electron chi connectivity index (χ3n) is 3.23. The molecule has 112 valence electrons. The lowest BCUT2D eigenvalue weighted by Crippen LogP contribution is -2.22. The number of alkyl halides is 3. The first-order valence-electron chi connectivity index (χ1n) is 6.38. The molecule has 1 heterocycles. The van der Waals surface area contributed by atoms with Gasteiger partial charge in [-0.15, -0.1) is 0 Å². The Labute approximate surface area is 120 Å². The number of benzene rings is 1. The largest absolute Gasteiger partial charge is 0.418 e. The number of hydrogen-bond acceptors (Lipinski definition) is 1. The molecule has 0 bridgehead atoms. The Balaban J connectivity index is 2.18. The predicted molar refractivity (Wildman–Crippen MR) is 74.0 cm³/mol. The highest BCUT2D eigenvalue weighted by atomic mass is 19.4. The lowest BCUT2D eigenvalue weighted by molar-refractivity contribution is -0.137. The molecule has 2 rings (SSSR count). The Morgan fingerprint density at radius 1 is 1.10 bits per heavy atom. The molecule has 1 amide bonds. The van der Waals surface area contributed by atoms with E-state index in [9.17, 15) is 18.0 Å². The molecule has 21 heavy (non-hydrogen) atoms. The summed E-state index contributed by atoms with van der Waals surface area (Å²) in [6, 6.07) is 8.64. The van der Waals surface area contributed by atoms with E-state index in [1.807, 2.05) is 26.0 Å². The van der Waals surface area contributed by atoms with Crippen LogP contribution in [0.3, 0.4) is 0 Å². The molecule has 6 heteroatoms. The fourth-order valence-electron chi connectivity index (χ4n) is 2.12. The van der Waals surface area contributed by atoms with Gasteiger partial charge in [-0.3, -0.25) is 4.79 Å². The normalized spacial score (nSPS) is 11.5. The van der Waals surface area contributed by atoms with Crippen LogP contribution in [0.15, 0.2) is 36.4 Å². The molecule has 1 aromatic heterocycles. The number of anilines is 1. The zero-order chi connectivity index (χ0) is 15.6. The van der Waals surface area contributed by atoms with E-state index in [1.165, 1.54) is 18.2 Å². The first-order valence-corrected chi connectivity index (χ1v) is 6.38. The minimum atomic E-state index is -4.50. The number of para-hydroxylation sites is 1. The fraction of sp³-hybridized carbons (Fsp3) is 0.267. The molecule has 0 atom stereocenters. The lowest BCUT2D eigenvalue weighted by atomic mass is 10.1. The van der Waals surface area contributed by atoms with Crippen molar-refractivity contribution in [3.05, 3.63) is 53.3 Å². The van der Waals surface area contributed by atoms with Crippen LogP contribution in [-0.2, 0) is 17.5 Å². The summed E-state index contributed by atoms with van der Waals surface area (Å²) >= 11 is 0. The summed E-state index contributed by atoms with van der Waals surface area (Å²) in [6.45, 7) is 3.66. The minimum absolute atomic E-state index is 0.0170. The van der Waals surface area contributed by atoms with E-state index >= 15 is 0 Å². The molecule has 2 aromatic rings. The van der Waals surface area contributed by atoms with Crippen LogP contribution in [0.1, 0.15) is 17.0 Å². The van der Waals surface area contributed by atoms with Crippen molar-refractivity contribution < 1.29 is 18.0 Å². The van der Waals surface area contributed by atoms with E-state index in [2.05, 4.69) is 5.32 Å². The van der Waals surface area contributed by atoms with Crippen molar-refractivity contribution in [2.24, 2.45) is 0 Å². The zero-order valence-corrected chi connectivity index (χ0v) is 11.7. The van der Waals surface area contributed by atoms with Gasteiger partial charge in [0.25, 0.3) is 0 Å². The number of nitrogens with one attached hydrogen (secondary N) is 1. The Morgan fingerprint density at radius 2 is 1.67 bits per heavy atom. The molecule has 0 fully saturated rings. The van der Waals surface area contributed by atoms with Gasteiger partial charge in [0.1, 0.15) is 6.54 Å². The fourth-order valence-corrected chi connectivity index (χ4v) is 2.12. The van der Waals surface area contributed by atoms with Crippen LogP contribution >= 0.6 is 0 Å². The van der Waals surface area contributed by atoms with Crippen LogP contribution in [0.4, 0.5) is 18.9 Å². The second-order valence-electron chi connectivity index (χ2n) is 4.79. The molecule has 0 radical (unpaired) electrons. The number of aryl methyl sites for hydroxylation is 2. The molecule has 1 N–H and O–H groups in total. The molecule has 0 aliphatic heterocycles. The van der Waals surface area contributed by atoms with Gasteiger partial charge in [0, 0.05) is 11.4 Å². The van der Waals surface area contributed by atoms with Crippen molar-refractivity contribution in [2.75, 3.05) is 5.32 Å². The molecule has 0 unspecified atom stereocenters. The molecule has 3 nitrogen and oxygen atoms in total. The lowest BCUT2D eigenvalue weighted by Gasteiger charge is -2.14. The average molecular weight is 296 g/mol. The van der Waals surface area contributed by atoms with Crippen molar-refractivity contribution in [1.29, 1.82) is 0 Å². The average Bonchev–Trinajstić information content (AvgIpc) is 2.70. The number of carbonyl (C=O) groups excluding carboxylic acids is 1. The van der Waals surface area contributed by atoms with E-state index in [-0.39, 0.29) is 12.2 Å². The first kappa shape index (κ1) is 15.2. The van der Waals surface area contributed by atoms with E-state index in [0.29, 0.717) is 0 Å². The van der Waals surface area contributed by atoms with Crippen LogP contribution < -0.4 is 5.32 Å². The van der Waals surface area contributed by atoms with E-state index in [4.69, 9.17) is 0 Å². The third kappa shape index (κ3) is 3.45. The molecular formula is C15H15F3N2O. The maximum Gasteiger partial charge on any atom is 0.418 e. The number of nitrogens with zero attached hydrogens (tertiary/aromatic N) is 1. The van der Waals surface area contributed by atoms with Gasteiger partial charge in [0.15, 0.2) is 0 Å². The monoisotopic (exact) mass is 296 g/mol. The van der Waals surface area contributed by atoms with Crippen LogP contribution in [0.2, 0.25) is 0 Å². The second-order valence-corrected chi connectivity index (χ2v) is 4.79. The molecule has 0 aliphatic carbocycles. The molecular weight excluding hydrogens is 281 g/mol. The Kier molecular flexibility index (Phi) is 4.06. The van der Waals surface area contributed by atoms with Gasteiger partial charge in [-0.05, 0) is 38.1 Å². The van der Waals surface area contributed by atoms with Gasteiger partial charge in [-0.1, -0.05) is 12.1 Å². The number of rotatable bonds is 3. The summed E-state index contributed by atoms with van der Waals surface area (Å²) in [4.78, 5) is 12.0. The van der Waals surface area contributed by atoms with Crippen LogP contribution in [0.25, 0.3) is 0 Å². The summed E-state index contributed by atoms with van der Waals surface area (Å²) in [5.41, 5.74) is 0.690. The molecule has 1 aromatic carbocycles. The van der Waals surface area contributed by atoms with Gasteiger partial charge < -0.3 is 9.88 Å². The maximum atomic E-state index is 12.8. The van der Waals surface area contributed by atoms with Gasteiger partial charge in [-0.2, -0.15) is 13.2 Å². The van der Waals surface area contributed by atoms with Gasteiger partial charge in [0.05, 0.1) is 11.3 Å². The Morgan fingerprint density at radius 3 is 2.24 bits per heavy atom. The molecule has 0 saturated heterocycles. The number of amides is 1. The summed E-state index contributed by atoms with van der Waals surface area (Å²) in [6.07, 6.45) is -4.50. The molecule has 0 spiro atoms. The quantitative estimate of drug-likeness (QED) is 0.919. The van der Waals surface area contributed by atoms with E-state index in [0.717, 1.165) is 17.5 Å². The van der Waals surface area contributed by atoms with Crippen molar-refractivity contribution in [1.82, 2.24) is 4.57 Å². The van der Waals surface area contributed by atoms with Crippen molar-refractivity contribution >= 4 is 11.6 Å². The van der Waals surface area contributed by atoms with Crippen molar-refractivity contribution in [3.63, 3.8) is 0 Å². The van der Waals surface area contributed by atoms with Crippen LogP contribution in [0.5, 0.6) is 0 Å².